The number of aryl methyl sites for hydroxylation is 1. The lowest BCUT2D eigenvalue weighted by atomic mass is 10.2. The number of nitrogens with zero attached hydrogens (tertiary/aromatic N) is 2. The monoisotopic (exact) mass is 291 g/mol. The molecule has 88 valence electrons. The van der Waals surface area contributed by atoms with Crippen molar-refractivity contribution in [2.24, 2.45) is 0 Å². The molecule has 3 rings (SSSR count). The Morgan fingerprint density at radius 1 is 1.41 bits per heavy atom. The van der Waals surface area contributed by atoms with Crippen molar-refractivity contribution in [1.29, 1.82) is 0 Å². The number of hydrogen-bond acceptors (Lipinski definition) is 2. The number of rotatable bonds is 3. The van der Waals surface area contributed by atoms with Gasteiger partial charge in [0.05, 0.1) is 0 Å². The summed E-state index contributed by atoms with van der Waals surface area (Å²) in [5.74, 6) is 0.934. The number of benzene rings is 1. The molecule has 1 N–H and O–H groups in total. The number of aromatic nitrogens is 2. The van der Waals surface area contributed by atoms with Crippen molar-refractivity contribution in [1.82, 2.24) is 9.55 Å². The maximum atomic E-state index is 4.36. The van der Waals surface area contributed by atoms with E-state index in [2.05, 4.69) is 55.9 Å². The first-order chi connectivity index (χ1) is 8.24. The third kappa shape index (κ3) is 2.22. The Labute approximate surface area is 109 Å². The van der Waals surface area contributed by atoms with E-state index in [9.17, 15) is 0 Å². The molecular weight excluding hydrogens is 278 g/mol. The van der Waals surface area contributed by atoms with E-state index in [0.717, 1.165) is 16.1 Å². The number of anilines is 2. The Morgan fingerprint density at radius 2 is 2.24 bits per heavy atom. The van der Waals surface area contributed by atoms with Crippen molar-refractivity contribution in [3.05, 3.63) is 40.6 Å². The van der Waals surface area contributed by atoms with Gasteiger partial charge in [-0.05, 0) is 37.5 Å². The zero-order valence-electron chi connectivity index (χ0n) is 9.65. The van der Waals surface area contributed by atoms with Gasteiger partial charge in [-0.1, -0.05) is 22.0 Å². The highest BCUT2D eigenvalue weighted by molar-refractivity contribution is 9.10. The Balaban J connectivity index is 1.85. The summed E-state index contributed by atoms with van der Waals surface area (Å²) in [5, 5.41) is 3.36. The third-order valence-corrected chi connectivity index (χ3v) is 3.89. The zero-order valence-corrected chi connectivity index (χ0v) is 11.2. The van der Waals surface area contributed by atoms with Crippen LogP contribution in [-0.2, 0) is 0 Å². The van der Waals surface area contributed by atoms with Crippen LogP contribution in [0.15, 0.2) is 35.1 Å². The molecule has 1 aromatic heterocycles. The number of imidazole rings is 1. The van der Waals surface area contributed by atoms with Gasteiger partial charge in [0.25, 0.3) is 0 Å². The number of halogens is 1. The summed E-state index contributed by atoms with van der Waals surface area (Å²) in [5.41, 5.74) is 2.30. The van der Waals surface area contributed by atoms with Gasteiger partial charge in [-0.25, -0.2) is 4.98 Å². The predicted molar refractivity (Wildman–Crippen MR) is 72.7 cm³/mol. The molecule has 3 nitrogen and oxygen atoms in total. The molecule has 1 heterocycles. The lowest BCUT2D eigenvalue weighted by Crippen LogP contribution is -2.01. The summed E-state index contributed by atoms with van der Waals surface area (Å²) in [7, 11) is 0. The molecule has 0 bridgehead atoms. The molecule has 2 aromatic rings. The molecule has 1 aliphatic carbocycles. The van der Waals surface area contributed by atoms with E-state index in [0.29, 0.717) is 6.04 Å². The largest absolute Gasteiger partial charge is 0.326 e. The van der Waals surface area contributed by atoms with Crippen LogP contribution in [0.2, 0.25) is 0 Å². The molecule has 1 saturated carbocycles. The van der Waals surface area contributed by atoms with E-state index in [-0.39, 0.29) is 0 Å². The molecule has 0 radical (unpaired) electrons. The summed E-state index contributed by atoms with van der Waals surface area (Å²) >= 11 is 3.54. The number of nitrogens with one attached hydrogen (secondary N) is 1. The highest BCUT2D eigenvalue weighted by Crippen LogP contribution is 2.37. The molecular formula is C13H14BrN3. The van der Waals surface area contributed by atoms with Gasteiger partial charge in [-0.15, -0.1) is 0 Å². The molecule has 1 aliphatic rings. The normalized spacial score (nSPS) is 14.9. The van der Waals surface area contributed by atoms with Crippen LogP contribution in [0.25, 0.3) is 0 Å². The van der Waals surface area contributed by atoms with Crippen LogP contribution >= 0.6 is 15.9 Å². The third-order valence-electron chi connectivity index (χ3n) is 3.04. The molecule has 0 atom stereocenters. The van der Waals surface area contributed by atoms with Gasteiger partial charge in [0.1, 0.15) is 0 Å². The summed E-state index contributed by atoms with van der Waals surface area (Å²) in [4.78, 5) is 4.36. The van der Waals surface area contributed by atoms with E-state index in [4.69, 9.17) is 0 Å². The van der Waals surface area contributed by atoms with Crippen molar-refractivity contribution >= 4 is 27.6 Å². The molecule has 4 heteroatoms. The Bertz CT molecular complexity index is 543. The standard InChI is InChI=1S/C13H14BrN3/c1-9-2-3-10(8-12(9)14)16-13-15-6-7-17(13)11-4-5-11/h2-3,6-8,11H,4-5H2,1H3,(H,15,16). The summed E-state index contributed by atoms with van der Waals surface area (Å²) in [6.07, 6.45) is 6.43. The SMILES string of the molecule is Cc1ccc(Nc2nccn2C2CC2)cc1Br. The highest BCUT2D eigenvalue weighted by Gasteiger charge is 2.25. The van der Waals surface area contributed by atoms with Gasteiger partial charge >= 0.3 is 0 Å². The maximum Gasteiger partial charge on any atom is 0.207 e. The van der Waals surface area contributed by atoms with Gasteiger partial charge < -0.3 is 9.88 Å². The van der Waals surface area contributed by atoms with Crippen LogP contribution in [0.1, 0.15) is 24.4 Å². The minimum Gasteiger partial charge on any atom is -0.326 e. The van der Waals surface area contributed by atoms with Crippen LogP contribution < -0.4 is 5.32 Å². The molecule has 0 unspecified atom stereocenters. The molecule has 0 spiro atoms. The fourth-order valence-electron chi connectivity index (χ4n) is 1.86. The van der Waals surface area contributed by atoms with Crippen molar-refractivity contribution in [2.75, 3.05) is 5.32 Å². The Hall–Kier alpha value is -1.29. The van der Waals surface area contributed by atoms with Gasteiger partial charge in [-0.3, -0.25) is 0 Å². The van der Waals surface area contributed by atoms with Gasteiger partial charge in [0, 0.05) is 28.6 Å². The lowest BCUT2D eigenvalue weighted by Gasteiger charge is -2.09. The molecule has 0 amide bonds. The summed E-state index contributed by atoms with van der Waals surface area (Å²) in [6.45, 7) is 2.08. The van der Waals surface area contributed by atoms with Crippen molar-refractivity contribution < 1.29 is 0 Å². The van der Waals surface area contributed by atoms with Crippen LogP contribution in [0.3, 0.4) is 0 Å². The lowest BCUT2D eigenvalue weighted by molar-refractivity contribution is 0.751. The second-order valence-corrected chi connectivity index (χ2v) is 5.33. The van der Waals surface area contributed by atoms with E-state index < -0.39 is 0 Å². The topological polar surface area (TPSA) is 29.9 Å². The Morgan fingerprint density at radius 3 is 2.94 bits per heavy atom. The summed E-state index contributed by atoms with van der Waals surface area (Å²) < 4.78 is 3.33. The number of hydrogen-bond donors (Lipinski definition) is 1. The zero-order chi connectivity index (χ0) is 11.8. The fourth-order valence-corrected chi connectivity index (χ4v) is 2.24. The molecule has 0 saturated heterocycles. The van der Waals surface area contributed by atoms with Crippen LogP contribution in [0.4, 0.5) is 11.6 Å². The minimum absolute atomic E-state index is 0.647. The molecule has 1 fully saturated rings. The van der Waals surface area contributed by atoms with Crippen LogP contribution in [0, 0.1) is 6.92 Å². The van der Waals surface area contributed by atoms with Crippen molar-refractivity contribution in [2.45, 2.75) is 25.8 Å². The quantitative estimate of drug-likeness (QED) is 0.925. The maximum absolute atomic E-state index is 4.36. The average Bonchev–Trinajstić information content (AvgIpc) is 3.05. The predicted octanol–water partition coefficient (Wildman–Crippen LogP) is 4.03. The first kappa shape index (κ1) is 10.8. The van der Waals surface area contributed by atoms with Crippen molar-refractivity contribution in [3.8, 4) is 0 Å². The van der Waals surface area contributed by atoms with Gasteiger partial charge in [0.15, 0.2) is 0 Å². The Kier molecular flexibility index (Phi) is 2.67. The van der Waals surface area contributed by atoms with E-state index in [1.54, 1.807) is 0 Å². The second kappa shape index (κ2) is 4.18. The minimum atomic E-state index is 0.647. The first-order valence-electron chi connectivity index (χ1n) is 5.80. The van der Waals surface area contributed by atoms with E-state index in [1.807, 2.05) is 12.4 Å². The van der Waals surface area contributed by atoms with Gasteiger partial charge in [0.2, 0.25) is 5.95 Å². The fraction of sp³-hybridized carbons (Fsp3) is 0.308. The first-order valence-corrected chi connectivity index (χ1v) is 6.59. The van der Waals surface area contributed by atoms with Crippen LogP contribution in [0.5, 0.6) is 0 Å². The highest BCUT2D eigenvalue weighted by atomic mass is 79.9. The molecule has 17 heavy (non-hydrogen) atoms. The van der Waals surface area contributed by atoms with E-state index in [1.165, 1.54) is 18.4 Å². The van der Waals surface area contributed by atoms with Crippen molar-refractivity contribution in [3.63, 3.8) is 0 Å². The summed E-state index contributed by atoms with van der Waals surface area (Å²) in [6, 6.07) is 6.90. The second-order valence-electron chi connectivity index (χ2n) is 4.48. The van der Waals surface area contributed by atoms with Crippen LogP contribution in [-0.4, -0.2) is 9.55 Å². The molecule has 1 aromatic carbocycles. The van der Waals surface area contributed by atoms with Gasteiger partial charge in [-0.2, -0.15) is 0 Å². The smallest absolute Gasteiger partial charge is 0.207 e. The average molecular weight is 292 g/mol. The van der Waals surface area contributed by atoms with E-state index >= 15 is 0 Å². The molecule has 0 aliphatic heterocycles.